The van der Waals surface area contributed by atoms with Crippen molar-refractivity contribution in [1.29, 1.82) is 0 Å². The van der Waals surface area contributed by atoms with Crippen LogP contribution in [0.15, 0.2) is 230 Å². The first-order valence-corrected chi connectivity index (χ1v) is 45.3. The van der Waals surface area contributed by atoms with Crippen LogP contribution in [0.3, 0.4) is 0 Å². The number of hydrogen-bond donors (Lipinski definition) is 0. The van der Waals surface area contributed by atoms with E-state index in [9.17, 15) is 0 Å². The second-order valence-electron chi connectivity index (χ2n) is 37.1. The van der Waals surface area contributed by atoms with Crippen LogP contribution in [-0.2, 0) is 12.8 Å². The molecule has 0 N–H and O–H groups in total. The van der Waals surface area contributed by atoms with Crippen LogP contribution < -0.4 is 0 Å². The molecule has 5 aliphatic carbocycles. The van der Waals surface area contributed by atoms with Crippen molar-refractivity contribution in [1.82, 2.24) is 0 Å². The zero-order valence-corrected chi connectivity index (χ0v) is 72.4. The normalized spacial score (nSPS) is 22.0. The van der Waals surface area contributed by atoms with Gasteiger partial charge in [-0.3, -0.25) is 0 Å². The van der Waals surface area contributed by atoms with Crippen LogP contribution in [0.4, 0.5) is 0 Å². The molecule has 115 heavy (non-hydrogen) atoms. The fourth-order valence-electron chi connectivity index (χ4n) is 23.2. The third kappa shape index (κ3) is 16.7. The van der Waals surface area contributed by atoms with Crippen LogP contribution in [0, 0.1) is 76.2 Å². The topological polar surface area (TPSA) is 0 Å². The van der Waals surface area contributed by atoms with E-state index in [2.05, 4.69) is 315 Å². The van der Waals surface area contributed by atoms with Gasteiger partial charge in [0.25, 0.3) is 0 Å². The Morgan fingerprint density at radius 2 is 0.643 bits per heavy atom. The van der Waals surface area contributed by atoms with Gasteiger partial charge in [0, 0.05) is 59.2 Å². The largest absolute Gasteiger partial charge is 0.0730 e. The molecule has 0 aliphatic heterocycles. The predicted octanol–water partition coefficient (Wildman–Crippen LogP) is 31.5. The zero-order valence-electron chi connectivity index (χ0n) is 72.4. The molecule has 11 aromatic carbocycles. The molecule has 0 nitrogen and oxygen atoms in total. The van der Waals surface area contributed by atoms with E-state index < -0.39 is 0 Å². The maximum Gasteiger partial charge on any atom is 0.00951 e. The second-order valence-corrected chi connectivity index (χ2v) is 37.1. The molecular weight excluding hydrogens is 1380 g/mol. The Hall–Kier alpha value is -9.10. The Morgan fingerprint density at radius 3 is 1.19 bits per heavy atom. The van der Waals surface area contributed by atoms with E-state index in [0.29, 0.717) is 5.92 Å². The van der Waals surface area contributed by atoms with Crippen molar-refractivity contribution in [3.63, 3.8) is 0 Å². The molecule has 10 atom stereocenters. The molecule has 0 fully saturated rings. The van der Waals surface area contributed by atoms with Crippen molar-refractivity contribution >= 4 is 0 Å². The van der Waals surface area contributed by atoms with E-state index in [1.165, 1.54) is 161 Å². The molecular formula is C115H130. The summed E-state index contributed by atoms with van der Waals surface area (Å²) in [5.74, 6) is 2.07. The molecule has 0 heteroatoms. The van der Waals surface area contributed by atoms with E-state index in [-0.39, 0.29) is 53.3 Å². The van der Waals surface area contributed by atoms with Gasteiger partial charge in [-0.15, -0.1) is 0 Å². The highest BCUT2D eigenvalue weighted by Crippen LogP contribution is 2.52. The molecule has 0 aromatic heterocycles. The van der Waals surface area contributed by atoms with Crippen molar-refractivity contribution in [2.75, 3.05) is 0 Å². The van der Waals surface area contributed by atoms with Gasteiger partial charge in [-0.05, 0) is 340 Å². The van der Waals surface area contributed by atoms with Gasteiger partial charge in [-0.1, -0.05) is 299 Å². The minimum atomic E-state index is 0.161. The van der Waals surface area contributed by atoms with Gasteiger partial charge in [0.1, 0.15) is 0 Å². The van der Waals surface area contributed by atoms with Crippen LogP contribution in [-0.4, -0.2) is 0 Å². The van der Waals surface area contributed by atoms with E-state index in [4.69, 9.17) is 0 Å². The van der Waals surface area contributed by atoms with Crippen molar-refractivity contribution in [3.05, 3.63) is 408 Å². The summed E-state index contributed by atoms with van der Waals surface area (Å²) in [4.78, 5) is 0. The summed E-state index contributed by atoms with van der Waals surface area (Å²) in [6, 6.07) is 87.5. The Bertz CT molecular complexity index is 5440. The Balaban J connectivity index is 0.993. The SMILES string of the molecule is CCCc1cccc(C2CCCC3c4ccc(C)c(c4)C4CCCC(c5cc(CCC)c(C)cc5C)c5cc(c(C)cc5C)C5CCCC(c6cccc(C)c6)c6cc(ccc6C)C(C6=CC=C(C)CC6)CCCC(c6cccc2c6)c2cccc(c2)C(CCCC(c2cc5c(C)cc2C)c2cc(C)ccc24)c2cccc(C)c23)c1. The number of hydrogen-bond acceptors (Lipinski definition) is 0. The van der Waals surface area contributed by atoms with Gasteiger partial charge in [-0.2, -0.15) is 0 Å². The number of rotatable bonds is 8. The number of allylic oxidation sites excluding steroid dienone is 4. The molecule has 590 valence electrons. The Labute approximate surface area is 693 Å². The third-order valence-corrected chi connectivity index (χ3v) is 29.2. The first-order chi connectivity index (χ1) is 55.9. The molecule has 16 rings (SSSR count). The average molecular weight is 1510 g/mol. The fourth-order valence-corrected chi connectivity index (χ4v) is 23.2. The quantitative estimate of drug-likeness (QED) is 0.142. The lowest BCUT2D eigenvalue weighted by Gasteiger charge is -2.33. The van der Waals surface area contributed by atoms with Crippen LogP contribution in [0.2, 0.25) is 0 Å². The molecule has 18 bridgehead atoms. The van der Waals surface area contributed by atoms with Gasteiger partial charge < -0.3 is 0 Å². The summed E-state index contributed by atoms with van der Waals surface area (Å²) in [7, 11) is 0. The Kier molecular flexibility index (Phi) is 24.3. The molecule has 10 unspecified atom stereocenters. The van der Waals surface area contributed by atoms with Crippen molar-refractivity contribution in [2.24, 2.45) is 0 Å². The smallest absolute Gasteiger partial charge is 0.00951 e. The number of fused-ring (bicyclic) bond motifs is 14. The van der Waals surface area contributed by atoms with Crippen molar-refractivity contribution < 1.29 is 0 Å². The number of benzene rings is 11. The van der Waals surface area contributed by atoms with Crippen molar-refractivity contribution in [2.45, 2.75) is 291 Å². The Morgan fingerprint density at radius 1 is 0.235 bits per heavy atom. The monoisotopic (exact) mass is 1510 g/mol. The van der Waals surface area contributed by atoms with Gasteiger partial charge in [-0.25, -0.2) is 0 Å². The summed E-state index contributed by atoms with van der Waals surface area (Å²) in [5.41, 5.74) is 50.2. The fraction of sp³-hybridized carbons (Fsp3) is 0.391. The standard InChI is InChI=1S/C115H130/c1-15-27-84-31-19-33-88(64-84)96-40-23-43-100-94-57-53-76(7)108(69-94)101-44-26-46-102(109-67-86(28-16-2)78(9)61-79(109)10)110-70-111(81(12)62-80(110)11)103-45-25-42-99(87-32-17-29-73(4)59-87)107-68-93(56-52-75(107)6)95(85-54-49-72(3)50-55-85)38-22-39-97(90-35-20-34-89(96)65-90)91-36-21-37-92(66-91)98(106-48-18-30-77(8)115(100)106)41-24-47-104(114-60-74(5)51-58-105(101)114)113-71-112(103)82(13)63-83(113)14/h17-21,29-37,48-49,51-54,56-71,95-104H,15-16,22-28,38-47,50,55H2,1-14H3. The highest BCUT2D eigenvalue weighted by Gasteiger charge is 2.36. The number of aryl methyl sites for hydroxylation is 13. The summed E-state index contributed by atoms with van der Waals surface area (Å²) in [6.07, 6.45) is 27.9. The van der Waals surface area contributed by atoms with E-state index >= 15 is 0 Å². The summed E-state index contributed by atoms with van der Waals surface area (Å²) >= 11 is 0. The summed E-state index contributed by atoms with van der Waals surface area (Å²) < 4.78 is 0. The predicted molar refractivity (Wildman–Crippen MR) is 491 cm³/mol. The van der Waals surface area contributed by atoms with Crippen LogP contribution in [0.1, 0.15) is 380 Å². The summed E-state index contributed by atoms with van der Waals surface area (Å²) in [6.45, 7) is 33.9. The third-order valence-electron chi connectivity index (χ3n) is 29.2. The molecule has 5 aliphatic rings. The maximum absolute atomic E-state index is 2.84. The molecule has 0 heterocycles. The molecule has 0 saturated heterocycles. The lowest BCUT2D eigenvalue weighted by atomic mass is 9.71. The van der Waals surface area contributed by atoms with Gasteiger partial charge in [0.05, 0.1) is 0 Å². The van der Waals surface area contributed by atoms with E-state index in [0.717, 1.165) is 135 Å². The maximum atomic E-state index is 2.84. The lowest BCUT2D eigenvalue weighted by molar-refractivity contribution is 0.556. The average Bonchev–Trinajstić information content (AvgIpc) is 1.68. The van der Waals surface area contributed by atoms with Gasteiger partial charge in [0.15, 0.2) is 0 Å². The minimum Gasteiger partial charge on any atom is -0.0730 e. The molecule has 0 spiro atoms. The highest BCUT2D eigenvalue weighted by molar-refractivity contribution is 5.58. The van der Waals surface area contributed by atoms with Crippen LogP contribution >= 0.6 is 0 Å². The highest BCUT2D eigenvalue weighted by atomic mass is 14.4. The second kappa shape index (κ2) is 35.0. The van der Waals surface area contributed by atoms with Crippen LogP contribution in [0.25, 0.3) is 0 Å². The first-order valence-electron chi connectivity index (χ1n) is 45.3. The van der Waals surface area contributed by atoms with E-state index in [1.807, 2.05) is 0 Å². The van der Waals surface area contributed by atoms with Crippen molar-refractivity contribution in [3.8, 4) is 0 Å². The molecule has 0 radical (unpaired) electrons. The lowest BCUT2D eigenvalue weighted by Crippen LogP contribution is -2.17. The summed E-state index contributed by atoms with van der Waals surface area (Å²) in [5, 5.41) is 0. The minimum absolute atomic E-state index is 0.161. The molecule has 0 saturated carbocycles. The first kappa shape index (κ1) is 79.7. The van der Waals surface area contributed by atoms with Crippen LogP contribution in [0.5, 0.6) is 0 Å². The van der Waals surface area contributed by atoms with Gasteiger partial charge >= 0.3 is 0 Å². The zero-order chi connectivity index (χ0) is 79.7. The van der Waals surface area contributed by atoms with Gasteiger partial charge in [0.2, 0.25) is 0 Å². The molecule has 11 aromatic rings. The van der Waals surface area contributed by atoms with E-state index in [1.54, 1.807) is 27.8 Å². The molecule has 0 amide bonds.